The van der Waals surface area contributed by atoms with Gasteiger partial charge in [-0.25, -0.2) is 0 Å². The van der Waals surface area contributed by atoms with Gasteiger partial charge < -0.3 is 0 Å². The Bertz CT molecular complexity index is 64.1. The fourth-order valence-electron chi connectivity index (χ4n) is 0.0462. The van der Waals surface area contributed by atoms with E-state index in [1.54, 1.807) is 0 Å². The summed E-state index contributed by atoms with van der Waals surface area (Å²) < 4.78 is 0. The standard InChI is InChI=1S/H4N6/c1-4-5-6(2)3/h2-3H2. The average molecular weight is 88.1 g/mol. The molecule has 6 heteroatoms. The van der Waals surface area contributed by atoms with Gasteiger partial charge in [-0.2, -0.15) is 16.6 Å². The van der Waals surface area contributed by atoms with Gasteiger partial charge in [-0.05, 0) is 0 Å². The molecule has 6 nitrogen and oxygen atoms in total. The molecule has 34 valence electrons. The number of azide groups is 1. The Morgan fingerprint density at radius 1 is 1.67 bits per heavy atom. The quantitative estimate of drug-likeness (QED) is 0.145. The fraction of sp³-hybridized carbons (Fsp3) is 0. The van der Waals surface area contributed by atoms with Crippen LogP contribution >= 0.6 is 0 Å². The van der Waals surface area contributed by atoms with Crippen molar-refractivity contribution in [1.82, 2.24) is 5.23 Å². The summed E-state index contributed by atoms with van der Waals surface area (Å²) >= 11 is 0. The summed E-state index contributed by atoms with van der Waals surface area (Å²) in [6, 6.07) is 0. The number of hydrazine groups is 2. The minimum atomic E-state index is 0.389. The zero-order chi connectivity index (χ0) is 4.99. The first-order valence-electron chi connectivity index (χ1n) is 1.12. The van der Waals surface area contributed by atoms with E-state index in [0.717, 1.165) is 0 Å². The van der Waals surface area contributed by atoms with E-state index in [9.17, 15) is 0 Å². The molecule has 0 spiro atoms. The number of hydrogen-bond donors (Lipinski definition) is 2. The maximum absolute atomic E-state index is 7.49. The smallest absolute Gasteiger partial charge is 0.0209 e. The van der Waals surface area contributed by atoms with Gasteiger partial charge in [-0.3, -0.25) is 0 Å². The van der Waals surface area contributed by atoms with Crippen LogP contribution in [0.5, 0.6) is 0 Å². The SMILES string of the molecule is [N-]=[N+]=NN(N)N. The summed E-state index contributed by atoms with van der Waals surface area (Å²) in [5.74, 6) is 9.19. The maximum Gasteiger partial charge on any atom is 0.0209 e. The van der Waals surface area contributed by atoms with Crippen LogP contribution in [-0.2, 0) is 0 Å². The average Bonchev–Trinajstić information content (AvgIpc) is 1.35. The monoisotopic (exact) mass is 88.0 g/mol. The Morgan fingerprint density at radius 2 is 2.17 bits per heavy atom. The molecule has 0 aromatic rings. The van der Waals surface area contributed by atoms with Gasteiger partial charge in [-0.15, -0.1) is 5.53 Å². The normalized spacial score (nSPS) is 6.33. The van der Waals surface area contributed by atoms with Crippen LogP contribution < -0.4 is 11.7 Å². The van der Waals surface area contributed by atoms with Gasteiger partial charge in [0, 0.05) is 5.22 Å². The molecule has 0 aromatic heterocycles. The lowest BCUT2D eigenvalue weighted by Crippen LogP contribution is -2.31. The molecule has 0 fully saturated rings. The summed E-state index contributed by atoms with van der Waals surface area (Å²) in [5.41, 5.74) is 7.49. The topological polar surface area (TPSA) is 104 Å². The molecule has 0 rings (SSSR count). The molecule has 0 aliphatic carbocycles. The van der Waals surface area contributed by atoms with E-state index in [2.05, 4.69) is 21.8 Å². The minimum absolute atomic E-state index is 0.389. The van der Waals surface area contributed by atoms with E-state index in [4.69, 9.17) is 5.53 Å². The second-order valence-electron chi connectivity index (χ2n) is 0.559. The van der Waals surface area contributed by atoms with Crippen molar-refractivity contribution in [2.45, 2.75) is 0 Å². The van der Waals surface area contributed by atoms with Gasteiger partial charge >= 0.3 is 0 Å². The van der Waals surface area contributed by atoms with Crippen LogP contribution in [-0.4, -0.2) is 5.23 Å². The Kier molecular flexibility index (Phi) is 1.91. The van der Waals surface area contributed by atoms with E-state index in [-0.39, 0.29) is 0 Å². The molecule has 0 bridgehead atoms. The number of rotatable bonds is 1. The van der Waals surface area contributed by atoms with Crippen molar-refractivity contribution in [2.75, 3.05) is 0 Å². The summed E-state index contributed by atoms with van der Waals surface area (Å²) in [6.45, 7) is 0. The number of nitrogens with zero attached hydrogens (tertiary/aromatic N) is 4. The highest BCUT2D eigenvalue weighted by molar-refractivity contribution is 4.31. The van der Waals surface area contributed by atoms with Gasteiger partial charge in [0.1, 0.15) is 0 Å². The predicted molar refractivity (Wildman–Crippen MR) is 19.4 cm³/mol. The molecule has 0 radical (unpaired) electrons. The first-order chi connectivity index (χ1) is 2.77. The lowest BCUT2D eigenvalue weighted by atomic mass is 12.2. The van der Waals surface area contributed by atoms with Gasteiger partial charge in [0.25, 0.3) is 0 Å². The molecule has 0 saturated heterocycles. The largest absolute Gasteiger partial charge is 0.166 e. The van der Waals surface area contributed by atoms with Gasteiger partial charge in [0.05, 0.1) is 0 Å². The molecule has 0 atom stereocenters. The van der Waals surface area contributed by atoms with E-state index >= 15 is 0 Å². The van der Waals surface area contributed by atoms with Gasteiger partial charge in [-0.1, -0.05) is 5.23 Å². The number of nitrogens with two attached hydrogens (primary N) is 2. The third kappa shape index (κ3) is 3.03. The molecule has 0 amide bonds. The third-order valence-electron chi connectivity index (χ3n) is 0.143. The van der Waals surface area contributed by atoms with Crippen LogP contribution in [0.4, 0.5) is 0 Å². The van der Waals surface area contributed by atoms with Crippen molar-refractivity contribution >= 4 is 0 Å². The van der Waals surface area contributed by atoms with E-state index in [0.29, 0.717) is 5.23 Å². The van der Waals surface area contributed by atoms with Crippen LogP contribution in [0.25, 0.3) is 10.4 Å². The molecule has 0 saturated carbocycles. The molecule has 0 unspecified atom stereocenters. The van der Waals surface area contributed by atoms with Crippen LogP contribution in [0.3, 0.4) is 0 Å². The van der Waals surface area contributed by atoms with Crippen LogP contribution in [0.15, 0.2) is 5.22 Å². The van der Waals surface area contributed by atoms with E-state index in [1.807, 2.05) is 0 Å². The minimum Gasteiger partial charge on any atom is -0.166 e. The highest BCUT2D eigenvalue weighted by atomic mass is 15.8. The zero-order valence-electron chi connectivity index (χ0n) is 2.94. The van der Waals surface area contributed by atoms with Crippen LogP contribution in [0.2, 0.25) is 0 Å². The fourth-order valence-corrected chi connectivity index (χ4v) is 0.0462. The zero-order valence-corrected chi connectivity index (χ0v) is 2.94. The Balaban J connectivity index is 3.29. The Morgan fingerprint density at radius 3 is 2.17 bits per heavy atom. The summed E-state index contributed by atoms with van der Waals surface area (Å²) in [4.78, 5) is 2.24. The van der Waals surface area contributed by atoms with E-state index in [1.165, 1.54) is 0 Å². The second kappa shape index (κ2) is 2.28. The van der Waals surface area contributed by atoms with Crippen molar-refractivity contribution in [3.63, 3.8) is 0 Å². The van der Waals surface area contributed by atoms with E-state index < -0.39 is 0 Å². The summed E-state index contributed by atoms with van der Waals surface area (Å²) in [5, 5.41) is 3.08. The molecule has 0 aliphatic rings. The van der Waals surface area contributed by atoms with Crippen LogP contribution in [0.1, 0.15) is 0 Å². The second-order valence-corrected chi connectivity index (χ2v) is 0.559. The van der Waals surface area contributed by atoms with Crippen molar-refractivity contribution < 1.29 is 0 Å². The lowest BCUT2D eigenvalue weighted by Gasteiger charge is -1.88. The first-order valence-corrected chi connectivity index (χ1v) is 1.12. The van der Waals surface area contributed by atoms with Crippen molar-refractivity contribution in [3.8, 4) is 0 Å². The summed E-state index contributed by atoms with van der Waals surface area (Å²) in [6.07, 6.45) is 0. The Hall–Kier alpha value is -0.970. The number of hydrogen-bond acceptors (Lipinski definition) is 3. The van der Waals surface area contributed by atoms with Crippen molar-refractivity contribution in [1.29, 1.82) is 0 Å². The molecule has 0 aromatic carbocycles. The highest BCUT2D eigenvalue weighted by Gasteiger charge is 1.71. The van der Waals surface area contributed by atoms with Gasteiger partial charge in [0.15, 0.2) is 0 Å². The molecule has 4 N–H and O–H groups in total. The maximum atomic E-state index is 7.49. The first kappa shape index (κ1) is 5.03. The molecule has 0 aliphatic heterocycles. The lowest BCUT2D eigenvalue weighted by molar-refractivity contribution is 0.305. The Labute approximate surface area is 33.9 Å². The molecule has 0 heterocycles. The van der Waals surface area contributed by atoms with Gasteiger partial charge in [0.2, 0.25) is 0 Å². The van der Waals surface area contributed by atoms with Crippen molar-refractivity contribution in [2.24, 2.45) is 16.9 Å². The predicted octanol–water partition coefficient (Wildman–Crippen LogP) is -0.739. The highest BCUT2D eigenvalue weighted by Crippen LogP contribution is 1.60. The summed E-state index contributed by atoms with van der Waals surface area (Å²) in [7, 11) is 0. The van der Waals surface area contributed by atoms with Crippen molar-refractivity contribution in [3.05, 3.63) is 10.4 Å². The molecular weight excluding hydrogens is 84.0 g/mol. The third-order valence-corrected chi connectivity index (χ3v) is 0.143. The molecular formula is H4N6. The molecule has 6 heavy (non-hydrogen) atoms. The van der Waals surface area contributed by atoms with Crippen LogP contribution in [0, 0.1) is 0 Å².